The molecule has 8 nitrogen and oxygen atoms in total. The minimum atomic E-state index is 0.0663. The fraction of sp³-hybridized carbons (Fsp3) is 0.583. The summed E-state index contributed by atoms with van der Waals surface area (Å²) in [6.45, 7) is 10.0. The molecule has 0 atom stereocenters. The van der Waals surface area contributed by atoms with E-state index in [1.807, 2.05) is 29.5 Å². The van der Waals surface area contributed by atoms with Crippen LogP contribution in [0.1, 0.15) is 58.7 Å². The molecule has 174 valence electrons. The number of nitrogens with zero attached hydrogens (tertiary/aromatic N) is 4. The molecule has 3 rings (SSSR count). The van der Waals surface area contributed by atoms with E-state index in [2.05, 4.69) is 36.3 Å². The van der Waals surface area contributed by atoms with Gasteiger partial charge in [-0.3, -0.25) is 9.20 Å². The molecule has 0 spiro atoms. The third kappa shape index (κ3) is 6.38. The van der Waals surface area contributed by atoms with Gasteiger partial charge in [-0.05, 0) is 37.3 Å². The van der Waals surface area contributed by atoms with Crippen molar-refractivity contribution in [1.82, 2.24) is 19.6 Å². The maximum Gasteiger partial charge on any atom is 0.204 e. The summed E-state index contributed by atoms with van der Waals surface area (Å²) < 4.78 is 12.8. The van der Waals surface area contributed by atoms with Crippen LogP contribution in [0, 0.1) is 12.3 Å². The Hall–Kier alpha value is -2.74. The minimum Gasteiger partial charge on any atom is -0.491 e. The van der Waals surface area contributed by atoms with E-state index >= 15 is 0 Å². The fourth-order valence-electron chi connectivity index (χ4n) is 3.72. The molecule has 0 unspecified atom stereocenters. The molecule has 0 saturated heterocycles. The predicted octanol–water partition coefficient (Wildman–Crippen LogP) is 4.59. The number of aromatic nitrogens is 4. The lowest BCUT2D eigenvalue weighted by molar-refractivity contribution is -0.120. The number of fused-ring (bicyclic) bond motifs is 3. The lowest BCUT2D eigenvalue weighted by atomic mass is 9.88. The van der Waals surface area contributed by atoms with Gasteiger partial charge >= 0.3 is 0 Å². The van der Waals surface area contributed by atoms with Crippen LogP contribution in [0.5, 0.6) is 5.75 Å². The predicted molar refractivity (Wildman–Crippen MR) is 126 cm³/mol. The number of aryl methyl sites for hydroxylation is 1. The van der Waals surface area contributed by atoms with Crippen LogP contribution in [0.25, 0.3) is 16.7 Å². The molecule has 32 heavy (non-hydrogen) atoms. The molecule has 0 saturated carbocycles. The number of carbonyl (C=O) groups excluding carboxylic acids is 1. The van der Waals surface area contributed by atoms with E-state index in [4.69, 9.17) is 14.5 Å². The van der Waals surface area contributed by atoms with Crippen molar-refractivity contribution in [2.45, 2.75) is 59.8 Å². The monoisotopic (exact) mass is 441 g/mol. The lowest BCUT2D eigenvalue weighted by Crippen LogP contribution is -2.12. The number of benzene rings is 1. The van der Waals surface area contributed by atoms with E-state index in [-0.39, 0.29) is 5.41 Å². The smallest absolute Gasteiger partial charge is 0.204 e. The van der Waals surface area contributed by atoms with Crippen molar-refractivity contribution in [2.24, 2.45) is 5.41 Å². The Bertz CT molecular complexity index is 1060. The standard InChI is InChI=1S/C24H35N5O3/c1-17-27-28-23-22(25-12-8-6-7-9-18(30)16-24(2,3)4)26-20-15-19(32-14-13-31-5)10-11-21(20)29(17)23/h10-11,15H,6-9,12-14,16H2,1-5H3,(H,25,26). The van der Waals surface area contributed by atoms with Gasteiger partial charge in [-0.1, -0.05) is 27.2 Å². The zero-order chi connectivity index (χ0) is 23.1. The quantitative estimate of drug-likeness (QED) is 0.411. The van der Waals surface area contributed by atoms with E-state index < -0.39 is 0 Å². The summed E-state index contributed by atoms with van der Waals surface area (Å²) in [6.07, 6.45) is 4.18. The molecule has 0 aliphatic carbocycles. The Kier molecular flexibility index (Phi) is 8.01. The Labute approximate surface area is 189 Å². The topological polar surface area (TPSA) is 90.6 Å². The molecular formula is C24H35N5O3. The molecule has 0 bridgehead atoms. The van der Waals surface area contributed by atoms with Gasteiger partial charge in [-0.15, -0.1) is 10.2 Å². The first-order valence-electron chi connectivity index (χ1n) is 11.3. The Morgan fingerprint density at radius 3 is 2.69 bits per heavy atom. The molecule has 1 aromatic carbocycles. The zero-order valence-electron chi connectivity index (χ0n) is 19.9. The number of Topliss-reactive ketones (excluding diaryl/α,β-unsaturated/α-hetero) is 1. The molecule has 1 N–H and O–H groups in total. The first kappa shape index (κ1) is 23.9. The molecule has 0 aliphatic heterocycles. The van der Waals surface area contributed by atoms with E-state index in [9.17, 15) is 4.79 Å². The van der Waals surface area contributed by atoms with Gasteiger partial charge in [0.2, 0.25) is 5.65 Å². The molecule has 3 aromatic rings. The van der Waals surface area contributed by atoms with Crippen molar-refractivity contribution in [3.63, 3.8) is 0 Å². The number of unbranched alkanes of at least 4 members (excludes halogenated alkanes) is 2. The average molecular weight is 442 g/mol. The second-order valence-electron chi connectivity index (χ2n) is 9.37. The molecule has 2 heterocycles. The molecule has 8 heteroatoms. The summed E-state index contributed by atoms with van der Waals surface area (Å²) in [6, 6.07) is 5.83. The highest BCUT2D eigenvalue weighted by Crippen LogP contribution is 2.25. The molecule has 0 amide bonds. The number of rotatable bonds is 12. The van der Waals surface area contributed by atoms with Gasteiger partial charge in [0.25, 0.3) is 0 Å². The van der Waals surface area contributed by atoms with Gasteiger partial charge in [0.05, 0.1) is 17.6 Å². The highest BCUT2D eigenvalue weighted by atomic mass is 16.5. The summed E-state index contributed by atoms with van der Waals surface area (Å²) in [5.74, 6) is 2.61. The third-order valence-corrected chi connectivity index (χ3v) is 5.17. The number of ether oxygens (including phenoxy) is 2. The van der Waals surface area contributed by atoms with Crippen molar-refractivity contribution in [1.29, 1.82) is 0 Å². The Morgan fingerprint density at radius 1 is 1.12 bits per heavy atom. The summed E-state index contributed by atoms with van der Waals surface area (Å²) >= 11 is 0. The second-order valence-corrected chi connectivity index (χ2v) is 9.37. The minimum absolute atomic E-state index is 0.0663. The number of hydrogen-bond acceptors (Lipinski definition) is 7. The fourth-order valence-corrected chi connectivity index (χ4v) is 3.72. The Morgan fingerprint density at radius 2 is 1.94 bits per heavy atom. The van der Waals surface area contributed by atoms with Gasteiger partial charge in [-0.25, -0.2) is 4.98 Å². The molecule has 0 radical (unpaired) electrons. The number of carbonyl (C=O) groups is 1. The number of anilines is 1. The summed E-state index contributed by atoms with van der Waals surface area (Å²) in [7, 11) is 1.65. The van der Waals surface area contributed by atoms with Crippen LogP contribution in [0.2, 0.25) is 0 Å². The largest absolute Gasteiger partial charge is 0.491 e. The lowest BCUT2D eigenvalue weighted by Gasteiger charge is -2.16. The summed E-state index contributed by atoms with van der Waals surface area (Å²) in [5, 5.41) is 12.0. The molecular weight excluding hydrogens is 406 g/mol. The van der Waals surface area contributed by atoms with E-state index in [0.29, 0.717) is 43.3 Å². The second kappa shape index (κ2) is 10.7. The Balaban J connectivity index is 1.63. The van der Waals surface area contributed by atoms with E-state index in [0.717, 1.165) is 48.4 Å². The summed E-state index contributed by atoms with van der Waals surface area (Å²) in [5.41, 5.74) is 2.52. The number of methoxy groups -OCH3 is 1. The van der Waals surface area contributed by atoms with Crippen LogP contribution in [0.15, 0.2) is 18.2 Å². The number of hydrogen-bond donors (Lipinski definition) is 1. The normalized spacial score (nSPS) is 11.9. The van der Waals surface area contributed by atoms with E-state index in [1.54, 1.807) is 7.11 Å². The van der Waals surface area contributed by atoms with Crippen LogP contribution in [0.3, 0.4) is 0 Å². The van der Waals surface area contributed by atoms with Gasteiger partial charge in [-0.2, -0.15) is 0 Å². The van der Waals surface area contributed by atoms with Crippen molar-refractivity contribution < 1.29 is 14.3 Å². The summed E-state index contributed by atoms with van der Waals surface area (Å²) in [4.78, 5) is 16.8. The van der Waals surface area contributed by atoms with E-state index in [1.165, 1.54) is 0 Å². The number of ketones is 1. The van der Waals surface area contributed by atoms with Crippen molar-refractivity contribution in [2.75, 3.05) is 32.2 Å². The van der Waals surface area contributed by atoms with Crippen LogP contribution in [-0.4, -0.2) is 52.2 Å². The van der Waals surface area contributed by atoms with Gasteiger partial charge in [0, 0.05) is 32.6 Å². The van der Waals surface area contributed by atoms with Gasteiger partial charge in [0.15, 0.2) is 5.82 Å². The molecule has 2 aromatic heterocycles. The molecule has 0 aliphatic rings. The van der Waals surface area contributed by atoms with Gasteiger partial charge < -0.3 is 14.8 Å². The van der Waals surface area contributed by atoms with Crippen molar-refractivity contribution >= 4 is 28.3 Å². The molecule has 0 fully saturated rings. The third-order valence-electron chi connectivity index (χ3n) is 5.17. The number of nitrogens with one attached hydrogen (secondary N) is 1. The first-order chi connectivity index (χ1) is 15.3. The SMILES string of the molecule is COCCOc1ccc2c(c1)nc(NCCCCCC(=O)CC(C)(C)C)c1nnc(C)n12. The van der Waals surface area contributed by atoms with Crippen LogP contribution >= 0.6 is 0 Å². The van der Waals surface area contributed by atoms with Crippen LogP contribution in [-0.2, 0) is 9.53 Å². The zero-order valence-corrected chi connectivity index (χ0v) is 19.9. The maximum atomic E-state index is 12.0. The van der Waals surface area contributed by atoms with Crippen molar-refractivity contribution in [3.8, 4) is 5.75 Å². The highest BCUT2D eigenvalue weighted by molar-refractivity contribution is 5.84. The maximum absolute atomic E-state index is 12.0. The van der Waals surface area contributed by atoms with Gasteiger partial charge in [0.1, 0.15) is 24.0 Å². The average Bonchev–Trinajstić information content (AvgIpc) is 3.11. The van der Waals surface area contributed by atoms with Crippen LogP contribution < -0.4 is 10.1 Å². The van der Waals surface area contributed by atoms with Crippen molar-refractivity contribution in [3.05, 3.63) is 24.0 Å². The highest BCUT2D eigenvalue weighted by Gasteiger charge is 2.16. The van der Waals surface area contributed by atoms with Crippen LogP contribution in [0.4, 0.5) is 5.82 Å². The first-order valence-corrected chi connectivity index (χ1v) is 11.3.